The number of morpholine rings is 1. The molecule has 1 aromatic carbocycles. The van der Waals surface area contributed by atoms with Crippen molar-refractivity contribution in [3.8, 4) is 0 Å². The predicted molar refractivity (Wildman–Crippen MR) is 74.0 cm³/mol. The molecule has 1 heterocycles. The molecule has 1 aromatic rings. The smallest absolute Gasteiger partial charge is 0.228 e. The second kappa shape index (κ2) is 6.00. The molecular weight excluding hydrogens is 294 g/mol. The number of carbonyl (C=O) groups excluding carboxylic acids is 2. The molecule has 1 saturated heterocycles. The van der Waals surface area contributed by atoms with Gasteiger partial charge in [-0.05, 0) is 18.6 Å². The lowest BCUT2D eigenvalue weighted by atomic mass is 10.2. The van der Waals surface area contributed by atoms with Gasteiger partial charge in [-0.15, -0.1) is 0 Å². The predicted octanol–water partition coefficient (Wildman–Crippen LogP) is 1.40. The molecular formula is C15H16F2N2O3. The SMILES string of the molecule is O=C(Nc1ccc(F)cc1F)C1CC1C(=O)N1CCOCC1. The third-order valence-electron chi connectivity index (χ3n) is 3.96. The first-order valence-electron chi connectivity index (χ1n) is 7.18. The van der Waals surface area contributed by atoms with E-state index in [1.165, 1.54) is 6.07 Å². The summed E-state index contributed by atoms with van der Waals surface area (Å²) >= 11 is 0. The first-order chi connectivity index (χ1) is 10.6. The Morgan fingerprint density at radius 2 is 1.91 bits per heavy atom. The van der Waals surface area contributed by atoms with Gasteiger partial charge in [0.15, 0.2) is 0 Å². The monoisotopic (exact) mass is 310 g/mol. The molecule has 1 aliphatic heterocycles. The summed E-state index contributed by atoms with van der Waals surface area (Å²) in [5.74, 6) is -2.78. The number of hydrogen-bond acceptors (Lipinski definition) is 3. The zero-order valence-corrected chi connectivity index (χ0v) is 11.9. The molecule has 5 nitrogen and oxygen atoms in total. The summed E-state index contributed by atoms with van der Waals surface area (Å²) in [4.78, 5) is 25.9. The zero-order chi connectivity index (χ0) is 15.7. The van der Waals surface area contributed by atoms with Crippen LogP contribution in [0.5, 0.6) is 0 Å². The van der Waals surface area contributed by atoms with Crippen molar-refractivity contribution in [3.63, 3.8) is 0 Å². The maximum absolute atomic E-state index is 13.5. The van der Waals surface area contributed by atoms with E-state index in [-0.39, 0.29) is 17.5 Å². The third-order valence-corrected chi connectivity index (χ3v) is 3.96. The van der Waals surface area contributed by atoms with Crippen LogP contribution < -0.4 is 5.32 Å². The van der Waals surface area contributed by atoms with Crippen LogP contribution >= 0.6 is 0 Å². The van der Waals surface area contributed by atoms with Crippen LogP contribution in [0.15, 0.2) is 18.2 Å². The lowest BCUT2D eigenvalue weighted by Gasteiger charge is -2.27. The van der Waals surface area contributed by atoms with Crippen molar-refractivity contribution in [1.29, 1.82) is 0 Å². The van der Waals surface area contributed by atoms with E-state index in [4.69, 9.17) is 4.74 Å². The van der Waals surface area contributed by atoms with Gasteiger partial charge in [-0.25, -0.2) is 8.78 Å². The molecule has 22 heavy (non-hydrogen) atoms. The minimum atomic E-state index is -0.829. The molecule has 1 saturated carbocycles. The summed E-state index contributed by atoms with van der Waals surface area (Å²) in [5.41, 5.74) is -0.0733. The summed E-state index contributed by atoms with van der Waals surface area (Å²) in [7, 11) is 0. The van der Waals surface area contributed by atoms with Crippen LogP contribution in [0, 0.1) is 23.5 Å². The van der Waals surface area contributed by atoms with E-state index in [1.807, 2.05) is 0 Å². The molecule has 7 heteroatoms. The van der Waals surface area contributed by atoms with E-state index in [2.05, 4.69) is 5.32 Å². The molecule has 2 unspecified atom stereocenters. The summed E-state index contributed by atoms with van der Waals surface area (Å²) in [6, 6.07) is 2.95. The fourth-order valence-electron chi connectivity index (χ4n) is 2.59. The minimum absolute atomic E-state index is 0.0528. The molecule has 0 radical (unpaired) electrons. The van der Waals surface area contributed by atoms with Gasteiger partial charge < -0.3 is 15.0 Å². The van der Waals surface area contributed by atoms with Crippen molar-refractivity contribution in [2.75, 3.05) is 31.6 Å². The molecule has 0 aromatic heterocycles. The molecule has 2 amide bonds. The Balaban J connectivity index is 1.57. The van der Waals surface area contributed by atoms with Crippen molar-refractivity contribution < 1.29 is 23.1 Å². The van der Waals surface area contributed by atoms with Crippen LogP contribution in [0.1, 0.15) is 6.42 Å². The number of nitrogens with zero attached hydrogens (tertiary/aromatic N) is 1. The van der Waals surface area contributed by atoms with Crippen molar-refractivity contribution >= 4 is 17.5 Å². The summed E-state index contributed by atoms with van der Waals surface area (Å²) in [5, 5.41) is 2.41. The van der Waals surface area contributed by atoms with Crippen molar-refractivity contribution in [2.45, 2.75) is 6.42 Å². The Labute approximate surface area is 126 Å². The average molecular weight is 310 g/mol. The Morgan fingerprint density at radius 3 is 2.59 bits per heavy atom. The number of ether oxygens (including phenoxy) is 1. The van der Waals surface area contributed by atoms with Gasteiger partial charge >= 0.3 is 0 Å². The fraction of sp³-hybridized carbons (Fsp3) is 0.467. The highest BCUT2D eigenvalue weighted by molar-refractivity contribution is 5.99. The van der Waals surface area contributed by atoms with Crippen LogP contribution in [0.4, 0.5) is 14.5 Å². The van der Waals surface area contributed by atoms with Gasteiger partial charge in [0.25, 0.3) is 0 Å². The number of hydrogen-bond donors (Lipinski definition) is 1. The van der Waals surface area contributed by atoms with E-state index in [0.29, 0.717) is 38.8 Å². The van der Waals surface area contributed by atoms with E-state index < -0.39 is 23.5 Å². The summed E-state index contributed by atoms with van der Waals surface area (Å²) < 4.78 is 31.5. The highest BCUT2D eigenvalue weighted by Crippen LogP contribution is 2.41. The van der Waals surface area contributed by atoms with Gasteiger partial charge in [-0.1, -0.05) is 0 Å². The second-order valence-corrected chi connectivity index (χ2v) is 5.50. The van der Waals surface area contributed by atoms with E-state index in [9.17, 15) is 18.4 Å². The average Bonchev–Trinajstić information content (AvgIpc) is 3.31. The van der Waals surface area contributed by atoms with Crippen LogP contribution in [0.3, 0.4) is 0 Å². The molecule has 2 aliphatic rings. The van der Waals surface area contributed by atoms with Crippen LogP contribution in [0.2, 0.25) is 0 Å². The Kier molecular flexibility index (Phi) is 4.06. The van der Waals surface area contributed by atoms with Gasteiger partial charge in [-0.3, -0.25) is 9.59 Å². The van der Waals surface area contributed by atoms with Crippen molar-refractivity contribution in [2.24, 2.45) is 11.8 Å². The molecule has 0 bridgehead atoms. The Hall–Kier alpha value is -2.02. The quantitative estimate of drug-likeness (QED) is 0.918. The fourth-order valence-corrected chi connectivity index (χ4v) is 2.59. The number of benzene rings is 1. The molecule has 1 N–H and O–H groups in total. The topological polar surface area (TPSA) is 58.6 Å². The van der Waals surface area contributed by atoms with Crippen LogP contribution in [-0.2, 0) is 14.3 Å². The highest BCUT2D eigenvalue weighted by Gasteiger charge is 2.49. The zero-order valence-electron chi connectivity index (χ0n) is 11.9. The van der Waals surface area contributed by atoms with Crippen molar-refractivity contribution in [1.82, 2.24) is 4.90 Å². The normalized spacial score (nSPS) is 24.0. The number of nitrogens with one attached hydrogen (secondary N) is 1. The molecule has 118 valence electrons. The van der Waals surface area contributed by atoms with Gasteiger partial charge in [0, 0.05) is 19.2 Å². The number of rotatable bonds is 3. The van der Waals surface area contributed by atoms with Gasteiger partial charge in [0.2, 0.25) is 11.8 Å². The lowest BCUT2D eigenvalue weighted by molar-refractivity contribution is -0.137. The van der Waals surface area contributed by atoms with E-state index in [1.54, 1.807) is 4.90 Å². The largest absolute Gasteiger partial charge is 0.378 e. The Morgan fingerprint density at radius 1 is 1.18 bits per heavy atom. The van der Waals surface area contributed by atoms with Gasteiger partial charge in [0.1, 0.15) is 11.6 Å². The number of halogens is 2. The first kappa shape index (κ1) is 14.9. The summed E-state index contributed by atoms with van der Waals surface area (Å²) in [6.45, 7) is 2.10. The van der Waals surface area contributed by atoms with Gasteiger partial charge in [0.05, 0.1) is 30.7 Å². The molecule has 2 fully saturated rings. The Bertz CT molecular complexity index is 602. The van der Waals surface area contributed by atoms with E-state index in [0.717, 1.165) is 6.07 Å². The molecule has 0 spiro atoms. The van der Waals surface area contributed by atoms with Crippen LogP contribution in [-0.4, -0.2) is 43.0 Å². The molecule has 2 atom stereocenters. The lowest BCUT2D eigenvalue weighted by Crippen LogP contribution is -2.42. The molecule has 3 rings (SSSR count). The van der Waals surface area contributed by atoms with E-state index >= 15 is 0 Å². The highest BCUT2D eigenvalue weighted by atomic mass is 19.1. The third kappa shape index (κ3) is 3.09. The minimum Gasteiger partial charge on any atom is -0.378 e. The molecule has 1 aliphatic carbocycles. The second-order valence-electron chi connectivity index (χ2n) is 5.50. The maximum atomic E-state index is 13.5. The number of anilines is 1. The summed E-state index contributed by atoms with van der Waals surface area (Å²) in [6.07, 6.45) is 0.463. The first-order valence-corrected chi connectivity index (χ1v) is 7.18. The number of carbonyl (C=O) groups is 2. The van der Waals surface area contributed by atoms with Crippen molar-refractivity contribution in [3.05, 3.63) is 29.8 Å². The standard InChI is InChI=1S/C15H16F2N2O3/c16-9-1-2-13(12(17)7-9)18-14(20)10-8-11(10)15(21)19-3-5-22-6-4-19/h1-2,7,10-11H,3-6,8H2,(H,18,20). The van der Waals surface area contributed by atoms with Crippen LogP contribution in [0.25, 0.3) is 0 Å². The maximum Gasteiger partial charge on any atom is 0.228 e. The number of amides is 2. The van der Waals surface area contributed by atoms with Gasteiger partial charge in [-0.2, -0.15) is 0 Å².